The molecule has 0 aliphatic carbocycles. The second-order valence-corrected chi connectivity index (χ2v) is 8.90. The molecule has 1 N–H and O–H groups in total. The minimum Gasteiger partial charge on any atom is -0.310 e. The molecule has 2 aliphatic heterocycles. The van der Waals surface area contributed by atoms with E-state index in [1.54, 1.807) is 0 Å². The van der Waals surface area contributed by atoms with E-state index in [2.05, 4.69) is 4.72 Å². The van der Waals surface area contributed by atoms with Crippen LogP contribution in [0.1, 0.15) is 6.42 Å². The fraction of sp³-hybridized carbons (Fsp3) is 0.385. The predicted molar refractivity (Wildman–Crippen MR) is 98.1 cm³/mol. The van der Waals surface area contributed by atoms with Gasteiger partial charge in [0.05, 0.1) is 21.8 Å². The fourth-order valence-electron chi connectivity index (χ4n) is 2.81. The van der Waals surface area contributed by atoms with Gasteiger partial charge in [-0.05, 0) is 18.6 Å². The third-order valence-corrected chi connectivity index (χ3v) is 6.19. The van der Waals surface area contributed by atoms with Gasteiger partial charge in [-0.3, -0.25) is 9.52 Å². The Kier molecular flexibility index (Phi) is 6.76. The van der Waals surface area contributed by atoms with Gasteiger partial charge in [0.25, 0.3) is 5.91 Å². The first kappa shape index (κ1) is 22.0. The standard InChI is InChI=1S/C13H11Cl3FN3O4S.Na/c14-5-25(23,24)18-9-3-10(8(17)2-7(9)16)20-12(21)11-1-6(15)4-19(11)13(20)22;/h2-3,6,11,18H,1,4-5H2;. The number of alkyl halides is 2. The first-order valence-corrected chi connectivity index (χ1v) is 9.99. The van der Waals surface area contributed by atoms with Crippen molar-refractivity contribution in [2.75, 3.05) is 21.4 Å². The van der Waals surface area contributed by atoms with E-state index in [1.165, 1.54) is 4.90 Å². The Morgan fingerprint density at radius 1 is 1.31 bits per heavy atom. The minimum absolute atomic E-state index is 0. The van der Waals surface area contributed by atoms with Crippen molar-refractivity contribution in [3.63, 3.8) is 0 Å². The molecular weight excluding hydrogens is 443 g/mol. The third-order valence-electron chi connectivity index (χ3n) is 3.88. The van der Waals surface area contributed by atoms with Crippen LogP contribution < -0.4 is 9.62 Å². The second-order valence-electron chi connectivity index (χ2n) is 5.57. The largest absolute Gasteiger partial charge is 0.332 e. The van der Waals surface area contributed by atoms with E-state index in [1.807, 2.05) is 0 Å². The van der Waals surface area contributed by atoms with Crippen molar-refractivity contribution < 1.29 is 22.4 Å². The summed E-state index contributed by atoms with van der Waals surface area (Å²) in [5, 5.41) is -1.33. The molecule has 2 atom stereocenters. The molecule has 7 nitrogen and oxygen atoms in total. The Labute approximate surface area is 186 Å². The number of nitrogens with one attached hydrogen (secondary N) is 1. The van der Waals surface area contributed by atoms with Crippen LogP contribution >= 0.6 is 34.8 Å². The van der Waals surface area contributed by atoms with Crippen LogP contribution in [0.2, 0.25) is 5.02 Å². The Morgan fingerprint density at radius 2 is 1.96 bits per heavy atom. The smallest absolute Gasteiger partial charge is 0.310 e. The zero-order valence-corrected chi connectivity index (χ0v) is 18.5. The van der Waals surface area contributed by atoms with Crippen molar-refractivity contribution in [3.8, 4) is 0 Å². The average Bonchev–Trinajstić information content (AvgIpc) is 3.01. The number of rotatable bonds is 4. The number of carbonyl (C=O) groups excluding carboxylic acids is 2. The maximum atomic E-state index is 14.3. The van der Waals surface area contributed by atoms with Crippen LogP contribution in [0.5, 0.6) is 0 Å². The predicted octanol–water partition coefficient (Wildman–Crippen LogP) is 2.18. The maximum Gasteiger partial charge on any atom is 0.332 e. The normalized spacial score (nSPS) is 22.5. The molecule has 0 spiro atoms. The van der Waals surface area contributed by atoms with Crippen molar-refractivity contribution in [3.05, 3.63) is 23.0 Å². The number of urea groups is 1. The van der Waals surface area contributed by atoms with Gasteiger partial charge in [0.1, 0.15) is 17.1 Å². The van der Waals surface area contributed by atoms with Gasteiger partial charge in [-0.15, -0.1) is 23.2 Å². The average molecular weight is 454 g/mol. The van der Waals surface area contributed by atoms with Gasteiger partial charge in [-0.25, -0.2) is 22.5 Å². The summed E-state index contributed by atoms with van der Waals surface area (Å²) in [7, 11) is -3.91. The molecule has 0 bridgehead atoms. The molecule has 0 saturated carbocycles. The van der Waals surface area contributed by atoms with Crippen molar-refractivity contribution in [2.24, 2.45) is 0 Å². The van der Waals surface area contributed by atoms with Crippen LogP contribution in [0.3, 0.4) is 0 Å². The fourth-order valence-corrected chi connectivity index (χ4v) is 4.10. The Bertz CT molecular complexity index is 848. The van der Waals surface area contributed by atoms with E-state index in [9.17, 15) is 22.4 Å². The summed E-state index contributed by atoms with van der Waals surface area (Å²) in [4.78, 5) is 26.8. The SMILES string of the molecule is O=C1C2CC(Cl)CN2C(=O)N1c1cc(NS(=O)(=O)CCl)c(Cl)cc1F.[Na]. The van der Waals surface area contributed by atoms with Crippen molar-refractivity contribution in [1.29, 1.82) is 0 Å². The van der Waals surface area contributed by atoms with E-state index in [0.29, 0.717) is 4.90 Å². The molecule has 3 rings (SSSR count). The number of sulfonamides is 1. The summed E-state index contributed by atoms with van der Waals surface area (Å²) in [6.07, 6.45) is 0.267. The third kappa shape index (κ3) is 3.94. The number of carbonyl (C=O) groups is 2. The molecule has 0 aromatic heterocycles. The van der Waals surface area contributed by atoms with Gasteiger partial charge in [0.2, 0.25) is 10.0 Å². The molecule has 2 fully saturated rings. The number of anilines is 2. The molecule has 2 heterocycles. The summed E-state index contributed by atoms with van der Waals surface area (Å²) in [6, 6.07) is 0.327. The zero-order valence-electron chi connectivity index (χ0n) is 13.4. The summed E-state index contributed by atoms with van der Waals surface area (Å²) in [5.74, 6) is -1.57. The van der Waals surface area contributed by atoms with Crippen molar-refractivity contribution in [1.82, 2.24) is 4.90 Å². The molecule has 26 heavy (non-hydrogen) atoms. The molecule has 137 valence electrons. The van der Waals surface area contributed by atoms with Crippen LogP contribution in [-0.2, 0) is 14.8 Å². The molecule has 2 saturated heterocycles. The number of hydrogen-bond acceptors (Lipinski definition) is 4. The molecule has 2 unspecified atom stereocenters. The van der Waals surface area contributed by atoms with Gasteiger partial charge in [-0.2, -0.15) is 0 Å². The Balaban J connectivity index is 0.00000243. The number of hydrogen-bond donors (Lipinski definition) is 1. The molecular formula is C13H11Cl3FN3NaO4S. The second kappa shape index (κ2) is 7.98. The van der Waals surface area contributed by atoms with E-state index in [0.717, 1.165) is 12.1 Å². The number of amides is 3. The van der Waals surface area contributed by atoms with E-state index in [4.69, 9.17) is 34.8 Å². The van der Waals surface area contributed by atoms with Gasteiger partial charge in [0, 0.05) is 36.1 Å². The van der Waals surface area contributed by atoms with Crippen LogP contribution in [0, 0.1) is 5.82 Å². The summed E-state index contributed by atoms with van der Waals surface area (Å²) < 4.78 is 39.6. The Morgan fingerprint density at radius 3 is 2.54 bits per heavy atom. The van der Waals surface area contributed by atoms with Crippen LogP contribution in [0.4, 0.5) is 20.6 Å². The number of benzene rings is 1. The zero-order chi connectivity index (χ0) is 18.5. The van der Waals surface area contributed by atoms with E-state index < -0.39 is 44.7 Å². The number of imide groups is 1. The van der Waals surface area contributed by atoms with Crippen molar-refractivity contribution in [2.45, 2.75) is 17.8 Å². The molecule has 13 heteroatoms. The molecule has 2 aliphatic rings. The molecule has 1 aromatic rings. The van der Waals surface area contributed by atoms with Crippen LogP contribution in [0.25, 0.3) is 0 Å². The van der Waals surface area contributed by atoms with Gasteiger partial charge in [0.15, 0.2) is 0 Å². The maximum absolute atomic E-state index is 14.3. The number of nitrogens with zero attached hydrogens (tertiary/aromatic N) is 2. The first-order valence-electron chi connectivity index (χ1n) is 6.98. The van der Waals surface area contributed by atoms with Gasteiger partial charge < -0.3 is 4.90 Å². The summed E-state index contributed by atoms with van der Waals surface area (Å²) >= 11 is 17.1. The van der Waals surface area contributed by atoms with Crippen LogP contribution in [0.15, 0.2) is 12.1 Å². The van der Waals surface area contributed by atoms with Gasteiger partial charge in [-0.1, -0.05) is 11.6 Å². The van der Waals surface area contributed by atoms with Crippen molar-refractivity contribution >= 4 is 97.7 Å². The quantitative estimate of drug-likeness (QED) is 0.430. The van der Waals surface area contributed by atoms with E-state index in [-0.39, 0.29) is 58.6 Å². The Hall–Kier alpha value is -0.290. The van der Waals surface area contributed by atoms with E-state index >= 15 is 0 Å². The number of halogens is 4. The molecule has 1 aromatic carbocycles. The minimum atomic E-state index is -3.91. The monoisotopic (exact) mass is 452 g/mol. The molecule has 1 radical (unpaired) electrons. The summed E-state index contributed by atoms with van der Waals surface area (Å²) in [5.41, 5.74) is -0.589. The first-order chi connectivity index (χ1) is 11.6. The number of fused-ring (bicyclic) bond motifs is 1. The van der Waals surface area contributed by atoms with Crippen LogP contribution in [-0.4, -0.2) is 78.0 Å². The molecule has 3 amide bonds. The topological polar surface area (TPSA) is 86.8 Å². The summed E-state index contributed by atoms with van der Waals surface area (Å²) in [6.45, 7) is 0.175. The van der Waals surface area contributed by atoms with Gasteiger partial charge >= 0.3 is 6.03 Å².